The number of rotatable bonds is 5. The van der Waals surface area contributed by atoms with Crippen LogP contribution in [-0.2, 0) is 14.8 Å². The van der Waals surface area contributed by atoms with E-state index in [4.69, 9.17) is 11.6 Å². The summed E-state index contributed by atoms with van der Waals surface area (Å²) in [6.07, 6.45) is 0. The highest BCUT2D eigenvalue weighted by atomic mass is 35.5. The second kappa shape index (κ2) is 7.08. The third-order valence-electron chi connectivity index (χ3n) is 3.42. The number of ether oxygens (including phenoxy) is 1. The van der Waals surface area contributed by atoms with E-state index in [0.29, 0.717) is 0 Å². The first-order chi connectivity index (χ1) is 11.7. The average Bonchev–Trinajstić information content (AvgIpc) is 2.60. The molecule has 0 saturated carbocycles. The topological polar surface area (TPSA) is 107 Å². The van der Waals surface area contributed by atoms with Gasteiger partial charge in [0.05, 0.1) is 28.3 Å². The highest BCUT2D eigenvalue weighted by Gasteiger charge is 2.30. The number of esters is 1. The normalized spacial score (nSPS) is 11.0. The lowest BCUT2D eigenvalue weighted by Gasteiger charge is -2.20. The van der Waals surface area contributed by atoms with Gasteiger partial charge < -0.3 is 4.74 Å². The number of nitro groups is 1. The molecule has 0 aliphatic heterocycles. The molecule has 2 aromatic rings. The van der Waals surface area contributed by atoms with Crippen molar-refractivity contribution in [3.63, 3.8) is 0 Å². The molecule has 0 atom stereocenters. The molecule has 25 heavy (non-hydrogen) atoms. The molecular weight excluding hydrogens is 372 g/mol. The van der Waals surface area contributed by atoms with E-state index in [9.17, 15) is 23.3 Å². The van der Waals surface area contributed by atoms with Gasteiger partial charge >= 0.3 is 5.97 Å². The maximum atomic E-state index is 12.8. The van der Waals surface area contributed by atoms with Gasteiger partial charge in [-0.25, -0.2) is 13.2 Å². The zero-order valence-corrected chi connectivity index (χ0v) is 14.7. The summed E-state index contributed by atoms with van der Waals surface area (Å²) in [6, 6.07) is 8.95. The van der Waals surface area contributed by atoms with Gasteiger partial charge in [-0.05, 0) is 24.3 Å². The van der Waals surface area contributed by atoms with Crippen molar-refractivity contribution in [1.29, 1.82) is 0 Å². The number of benzene rings is 2. The van der Waals surface area contributed by atoms with E-state index < -0.39 is 31.5 Å². The number of para-hydroxylation sites is 1. The van der Waals surface area contributed by atoms with E-state index in [0.717, 1.165) is 16.4 Å². The molecule has 0 radical (unpaired) electrons. The first-order valence-corrected chi connectivity index (χ1v) is 8.62. The van der Waals surface area contributed by atoms with Crippen molar-refractivity contribution in [2.24, 2.45) is 0 Å². The van der Waals surface area contributed by atoms with Crippen LogP contribution in [0.5, 0.6) is 0 Å². The number of nitrogens with zero attached hydrogens (tertiary/aromatic N) is 2. The third kappa shape index (κ3) is 3.57. The van der Waals surface area contributed by atoms with Crippen molar-refractivity contribution in [3.05, 3.63) is 63.2 Å². The van der Waals surface area contributed by atoms with Crippen LogP contribution >= 0.6 is 11.6 Å². The number of sulfonamides is 1. The number of anilines is 1. The van der Waals surface area contributed by atoms with Crippen LogP contribution in [0.4, 0.5) is 11.4 Å². The summed E-state index contributed by atoms with van der Waals surface area (Å²) >= 11 is 5.91. The Morgan fingerprint density at radius 2 is 1.88 bits per heavy atom. The maximum absolute atomic E-state index is 12.8. The molecule has 0 unspecified atom stereocenters. The van der Waals surface area contributed by atoms with Crippen LogP contribution < -0.4 is 4.31 Å². The monoisotopic (exact) mass is 384 g/mol. The van der Waals surface area contributed by atoms with E-state index in [-0.39, 0.29) is 16.3 Å². The fourth-order valence-electron chi connectivity index (χ4n) is 2.09. The summed E-state index contributed by atoms with van der Waals surface area (Å²) in [5.74, 6) is -0.733. The number of halogens is 1. The minimum atomic E-state index is -4.23. The molecule has 10 heteroatoms. The summed E-state index contributed by atoms with van der Waals surface area (Å²) in [5, 5.41) is 11.2. The van der Waals surface area contributed by atoms with E-state index in [1.165, 1.54) is 44.5 Å². The Kier molecular flexibility index (Phi) is 5.29. The molecule has 132 valence electrons. The molecule has 0 spiro atoms. The van der Waals surface area contributed by atoms with Gasteiger partial charge in [-0.3, -0.25) is 14.4 Å². The minimum absolute atomic E-state index is 0.0220. The van der Waals surface area contributed by atoms with Crippen molar-refractivity contribution >= 4 is 39.0 Å². The molecule has 2 rings (SSSR count). The molecule has 0 N–H and O–H groups in total. The van der Waals surface area contributed by atoms with Gasteiger partial charge in [0.15, 0.2) is 4.90 Å². The molecule has 8 nitrogen and oxygen atoms in total. The van der Waals surface area contributed by atoms with Gasteiger partial charge in [0.25, 0.3) is 15.7 Å². The molecule has 2 aromatic carbocycles. The Labute approximate surface area is 148 Å². The number of hydrogen-bond donors (Lipinski definition) is 0. The zero-order valence-electron chi connectivity index (χ0n) is 13.2. The Hall–Kier alpha value is -2.65. The molecule has 0 aliphatic carbocycles. The van der Waals surface area contributed by atoms with Crippen molar-refractivity contribution in [2.45, 2.75) is 4.90 Å². The lowest BCUT2D eigenvalue weighted by Crippen LogP contribution is -2.27. The van der Waals surface area contributed by atoms with Crippen LogP contribution in [0.25, 0.3) is 0 Å². The molecule has 0 aromatic heterocycles. The first kappa shape index (κ1) is 18.7. The van der Waals surface area contributed by atoms with Crippen LogP contribution in [0.2, 0.25) is 5.02 Å². The van der Waals surface area contributed by atoms with Crippen LogP contribution in [0.3, 0.4) is 0 Å². The Bertz CT molecular complexity index is 945. The number of nitro benzene ring substituents is 1. The Morgan fingerprint density at radius 3 is 2.48 bits per heavy atom. The number of carbonyl (C=O) groups excluding carboxylic acids is 1. The van der Waals surface area contributed by atoms with Gasteiger partial charge in [0, 0.05) is 13.1 Å². The second-order valence-electron chi connectivity index (χ2n) is 4.85. The Morgan fingerprint density at radius 1 is 1.24 bits per heavy atom. The van der Waals surface area contributed by atoms with Crippen LogP contribution in [0, 0.1) is 10.1 Å². The quantitative estimate of drug-likeness (QED) is 0.445. The van der Waals surface area contributed by atoms with Crippen molar-refractivity contribution < 1.29 is 22.9 Å². The molecule has 0 bridgehead atoms. The minimum Gasteiger partial charge on any atom is -0.465 e. The molecule has 0 fully saturated rings. The third-order valence-corrected chi connectivity index (χ3v) is 5.58. The van der Waals surface area contributed by atoms with Gasteiger partial charge in [-0.2, -0.15) is 0 Å². The van der Waals surface area contributed by atoms with Gasteiger partial charge in [0.1, 0.15) is 0 Å². The van der Waals surface area contributed by atoms with Crippen LogP contribution in [-0.4, -0.2) is 33.5 Å². The smallest absolute Gasteiger partial charge is 0.339 e. The first-order valence-electron chi connectivity index (χ1n) is 6.80. The predicted octanol–water partition coefficient (Wildman–Crippen LogP) is 2.86. The van der Waals surface area contributed by atoms with E-state index in [1.54, 1.807) is 0 Å². The molecule has 0 heterocycles. The highest BCUT2D eigenvalue weighted by molar-refractivity contribution is 7.93. The largest absolute Gasteiger partial charge is 0.465 e. The van der Waals surface area contributed by atoms with Gasteiger partial charge in [-0.1, -0.05) is 23.7 Å². The SMILES string of the molecule is COC(=O)c1cc(N(C)S(=O)(=O)c2ccccc2[N+](=O)[O-])ccc1Cl. The lowest BCUT2D eigenvalue weighted by molar-refractivity contribution is -0.387. The Balaban J connectivity index is 2.56. The van der Waals surface area contributed by atoms with Gasteiger partial charge in [0.2, 0.25) is 0 Å². The summed E-state index contributed by atoms with van der Waals surface area (Å²) < 4.78 is 31.0. The maximum Gasteiger partial charge on any atom is 0.339 e. The fraction of sp³-hybridized carbons (Fsp3) is 0.133. The predicted molar refractivity (Wildman–Crippen MR) is 91.5 cm³/mol. The molecular formula is C15H13ClN2O6S. The standard InChI is InChI=1S/C15H13ClN2O6S/c1-17(10-7-8-12(16)11(9-10)15(19)24-2)25(22,23)14-6-4-3-5-13(14)18(20)21/h3-9H,1-2H3. The van der Waals surface area contributed by atoms with Crippen molar-refractivity contribution in [1.82, 2.24) is 0 Å². The van der Waals surface area contributed by atoms with E-state index in [2.05, 4.69) is 4.74 Å². The van der Waals surface area contributed by atoms with Crippen LogP contribution in [0.15, 0.2) is 47.4 Å². The van der Waals surface area contributed by atoms with Gasteiger partial charge in [-0.15, -0.1) is 0 Å². The lowest BCUT2D eigenvalue weighted by atomic mass is 10.2. The van der Waals surface area contributed by atoms with Crippen molar-refractivity contribution in [2.75, 3.05) is 18.5 Å². The number of hydrogen-bond acceptors (Lipinski definition) is 6. The number of carbonyl (C=O) groups is 1. The summed E-state index contributed by atoms with van der Waals surface area (Å²) in [7, 11) is -1.85. The molecule has 0 aliphatic rings. The highest BCUT2D eigenvalue weighted by Crippen LogP contribution is 2.30. The summed E-state index contributed by atoms with van der Waals surface area (Å²) in [4.78, 5) is 21.6. The zero-order chi connectivity index (χ0) is 18.8. The van der Waals surface area contributed by atoms with E-state index >= 15 is 0 Å². The van der Waals surface area contributed by atoms with E-state index in [1.807, 2.05) is 0 Å². The molecule has 0 amide bonds. The summed E-state index contributed by atoms with van der Waals surface area (Å²) in [5.41, 5.74) is -0.467. The number of methoxy groups -OCH3 is 1. The average molecular weight is 385 g/mol. The summed E-state index contributed by atoms with van der Waals surface area (Å²) in [6.45, 7) is 0. The fourth-order valence-corrected chi connectivity index (χ4v) is 3.63. The molecule has 0 saturated heterocycles. The van der Waals surface area contributed by atoms with Crippen LogP contribution in [0.1, 0.15) is 10.4 Å². The van der Waals surface area contributed by atoms with Crippen molar-refractivity contribution in [3.8, 4) is 0 Å². The second-order valence-corrected chi connectivity index (χ2v) is 7.20.